The van der Waals surface area contributed by atoms with Crippen LogP contribution in [0.4, 0.5) is 0 Å². The lowest BCUT2D eigenvalue weighted by molar-refractivity contribution is -0.129. The van der Waals surface area contributed by atoms with Gasteiger partial charge in [-0.3, -0.25) is 9.79 Å². The van der Waals surface area contributed by atoms with Crippen LogP contribution in [0.25, 0.3) is 0 Å². The fraction of sp³-hybridized carbons (Fsp3) is 0.778. The van der Waals surface area contributed by atoms with E-state index in [1.54, 1.807) is 4.90 Å². The number of likely N-dealkylation sites (N-methyl/N-ethyl adjacent to an activating group) is 1. The Hall–Kier alpha value is -1.06. The molecule has 2 N–H and O–H groups in total. The Morgan fingerprint density at radius 2 is 1.85 bits per heavy atom. The number of hydrogen-bond acceptors (Lipinski definition) is 2. The van der Waals surface area contributed by atoms with Crippen LogP contribution in [0.1, 0.15) is 27.2 Å². The minimum Gasteiger partial charge on any atom is -0.387 e. The first kappa shape index (κ1) is 11.9. The van der Waals surface area contributed by atoms with Gasteiger partial charge in [0.25, 0.3) is 0 Å². The van der Waals surface area contributed by atoms with Crippen molar-refractivity contribution in [3.05, 3.63) is 0 Å². The SMILES string of the molecule is CCC(N)=NCC(=O)N(CC)CC. The fourth-order valence-electron chi connectivity index (χ4n) is 0.957. The van der Waals surface area contributed by atoms with E-state index in [1.165, 1.54) is 0 Å². The first-order valence-corrected chi connectivity index (χ1v) is 4.72. The Bertz CT molecular complexity index is 185. The van der Waals surface area contributed by atoms with Crippen molar-refractivity contribution in [2.24, 2.45) is 10.7 Å². The van der Waals surface area contributed by atoms with E-state index in [9.17, 15) is 4.79 Å². The van der Waals surface area contributed by atoms with Gasteiger partial charge in [0.05, 0.1) is 5.84 Å². The quantitative estimate of drug-likeness (QED) is 0.504. The lowest BCUT2D eigenvalue weighted by atomic mass is 10.4. The number of amidine groups is 1. The maximum absolute atomic E-state index is 11.4. The summed E-state index contributed by atoms with van der Waals surface area (Å²) >= 11 is 0. The average Bonchev–Trinajstić information content (AvgIpc) is 2.16. The Balaban J connectivity index is 3.99. The van der Waals surface area contributed by atoms with Gasteiger partial charge in [-0.2, -0.15) is 0 Å². The highest BCUT2D eigenvalue weighted by Crippen LogP contribution is 1.90. The van der Waals surface area contributed by atoms with Crippen LogP contribution in [0.5, 0.6) is 0 Å². The van der Waals surface area contributed by atoms with Gasteiger partial charge in [-0.05, 0) is 13.8 Å². The van der Waals surface area contributed by atoms with Gasteiger partial charge in [0.15, 0.2) is 0 Å². The van der Waals surface area contributed by atoms with Gasteiger partial charge >= 0.3 is 0 Å². The zero-order valence-electron chi connectivity index (χ0n) is 8.71. The molecule has 0 spiro atoms. The van der Waals surface area contributed by atoms with E-state index in [-0.39, 0.29) is 12.5 Å². The third-order valence-electron chi connectivity index (χ3n) is 1.90. The number of aliphatic imine (C=N–C) groups is 1. The van der Waals surface area contributed by atoms with Crippen LogP contribution in [0.3, 0.4) is 0 Å². The number of amides is 1. The zero-order valence-corrected chi connectivity index (χ0v) is 8.71. The van der Waals surface area contributed by atoms with E-state index in [1.807, 2.05) is 20.8 Å². The Morgan fingerprint density at radius 3 is 2.23 bits per heavy atom. The van der Waals surface area contributed by atoms with Gasteiger partial charge in [0.1, 0.15) is 6.54 Å². The first-order valence-electron chi connectivity index (χ1n) is 4.72. The molecule has 4 heteroatoms. The van der Waals surface area contributed by atoms with Gasteiger partial charge in [-0.25, -0.2) is 0 Å². The Labute approximate surface area is 79.8 Å². The van der Waals surface area contributed by atoms with Crippen molar-refractivity contribution in [1.82, 2.24) is 4.90 Å². The van der Waals surface area contributed by atoms with Crippen molar-refractivity contribution in [3.8, 4) is 0 Å². The molecule has 0 aromatic heterocycles. The standard InChI is InChI=1S/C9H19N3O/c1-4-8(10)11-7-9(13)12(5-2)6-3/h4-7H2,1-3H3,(H2,10,11). The molecule has 13 heavy (non-hydrogen) atoms. The number of rotatable bonds is 5. The Morgan fingerprint density at radius 1 is 1.31 bits per heavy atom. The number of nitrogens with two attached hydrogens (primary N) is 1. The van der Waals surface area contributed by atoms with Crippen molar-refractivity contribution in [2.75, 3.05) is 19.6 Å². The molecule has 0 radical (unpaired) electrons. The summed E-state index contributed by atoms with van der Waals surface area (Å²) in [6, 6.07) is 0. The molecule has 0 saturated carbocycles. The van der Waals surface area contributed by atoms with Crippen LogP contribution >= 0.6 is 0 Å². The first-order chi connectivity index (χ1) is 6.15. The van der Waals surface area contributed by atoms with Crippen molar-refractivity contribution < 1.29 is 4.79 Å². The summed E-state index contributed by atoms with van der Waals surface area (Å²) in [5, 5.41) is 0. The summed E-state index contributed by atoms with van der Waals surface area (Å²) in [6.45, 7) is 7.47. The monoisotopic (exact) mass is 185 g/mol. The highest BCUT2D eigenvalue weighted by molar-refractivity contribution is 5.85. The lowest BCUT2D eigenvalue weighted by Crippen LogP contribution is -2.32. The van der Waals surface area contributed by atoms with Crippen molar-refractivity contribution in [1.29, 1.82) is 0 Å². The molecule has 0 rings (SSSR count). The molecule has 0 aliphatic rings. The minimum atomic E-state index is 0.0430. The van der Waals surface area contributed by atoms with E-state index in [0.717, 1.165) is 13.1 Å². The second-order valence-corrected chi connectivity index (χ2v) is 2.73. The molecule has 0 unspecified atom stereocenters. The van der Waals surface area contributed by atoms with Crippen molar-refractivity contribution in [2.45, 2.75) is 27.2 Å². The smallest absolute Gasteiger partial charge is 0.244 e. The zero-order chi connectivity index (χ0) is 10.3. The molecule has 0 bridgehead atoms. The molecule has 0 fully saturated rings. The second kappa shape index (κ2) is 6.46. The van der Waals surface area contributed by atoms with E-state index in [2.05, 4.69) is 4.99 Å². The molecule has 0 atom stereocenters. The number of carbonyl (C=O) groups is 1. The van der Waals surface area contributed by atoms with Crippen LogP contribution in [0.15, 0.2) is 4.99 Å². The summed E-state index contributed by atoms with van der Waals surface area (Å²) < 4.78 is 0. The van der Waals surface area contributed by atoms with Crippen molar-refractivity contribution in [3.63, 3.8) is 0 Å². The van der Waals surface area contributed by atoms with Crippen LogP contribution in [-0.4, -0.2) is 36.3 Å². The predicted molar refractivity (Wildman–Crippen MR) is 54.7 cm³/mol. The molecule has 0 aromatic rings. The number of carbonyl (C=O) groups excluding carboxylic acids is 1. The van der Waals surface area contributed by atoms with Gasteiger partial charge in [0.2, 0.25) is 5.91 Å². The molecule has 1 amide bonds. The van der Waals surface area contributed by atoms with Crippen LogP contribution in [0, 0.1) is 0 Å². The number of nitrogens with zero attached hydrogens (tertiary/aromatic N) is 2. The molecule has 0 heterocycles. The third-order valence-corrected chi connectivity index (χ3v) is 1.90. The molecular formula is C9H19N3O. The van der Waals surface area contributed by atoms with Crippen LogP contribution < -0.4 is 5.73 Å². The Kier molecular flexibility index (Phi) is 5.93. The summed E-state index contributed by atoms with van der Waals surface area (Å²) in [6.07, 6.45) is 0.700. The molecular weight excluding hydrogens is 166 g/mol. The summed E-state index contributed by atoms with van der Waals surface area (Å²) in [4.78, 5) is 17.1. The van der Waals surface area contributed by atoms with E-state index in [4.69, 9.17) is 5.73 Å². The molecule has 4 nitrogen and oxygen atoms in total. The lowest BCUT2D eigenvalue weighted by Gasteiger charge is -2.17. The summed E-state index contributed by atoms with van der Waals surface area (Å²) in [5.74, 6) is 0.585. The summed E-state index contributed by atoms with van der Waals surface area (Å²) in [5.41, 5.74) is 5.48. The van der Waals surface area contributed by atoms with E-state index >= 15 is 0 Å². The molecule has 76 valence electrons. The van der Waals surface area contributed by atoms with E-state index in [0.29, 0.717) is 12.3 Å². The third kappa shape index (κ3) is 4.50. The van der Waals surface area contributed by atoms with Gasteiger partial charge in [-0.15, -0.1) is 0 Å². The van der Waals surface area contributed by atoms with Gasteiger partial charge in [-0.1, -0.05) is 6.92 Å². The van der Waals surface area contributed by atoms with E-state index < -0.39 is 0 Å². The molecule has 0 aromatic carbocycles. The largest absolute Gasteiger partial charge is 0.387 e. The second-order valence-electron chi connectivity index (χ2n) is 2.73. The highest BCUT2D eigenvalue weighted by atomic mass is 16.2. The molecule has 0 aliphatic carbocycles. The van der Waals surface area contributed by atoms with Gasteiger partial charge in [0, 0.05) is 19.5 Å². The fourth-order valence-corrected chi connectivity index (χ4v) is 0.957. The number of hydrogen-bond donors (Lipinski definition) is 1. The maximum atomic E-state index is 11.4. The highest BCUT2D eigenvalue weighted by Gasteiger charge is 2.07. The van der Waals surface area contributed by atoms with Crippen molar-refractivity contribution >= 4 is 11.7 Å². The topological polar surface area (TPSA) is 58.7 Å². The van der Waals surface area contributed by atoms with Crippen LogP contribution in [-0.2, 0) is 4.79 Å². The predicted octanol–water partition coefficient (Wildman–Crippen LogP) is 0.622. The van der Waals surface area contributed by atoms with Gasteiger partial charge < -0.3 is 10.6 Å². The molecule has 0 saturated heterocycles. The average molecular weight is 185 g/mol. The minimum absolute atomic E-state index is 0.0430. The maximum Gasteiger partial charge on any atom is 0.244 e. The normalized spacial score (nSPS) is 11.5. The van der Waals surface area contributed by atoms with Crippen LogP contribution in [0.2, 0.25) is 0 Å². The summed E-state index contributed by atoms with van der Waals surface area (Å²) in [7, 11) is 0. The molecule has 0 aliphatic heterocycles.